The SMILES string of the molecule is CSCC[C@H](C(=O)NCc1cccc(-c2nc(C)cs2)c1)n1cccc1. The Bertz CT molecular complexity index is 842. The molecule has 0 unspecified atom stereocenters. The predicted octanol–water partition coefficient (Wildman–Crippen LogP) is 4.53. The van der Waals surface area contributed by atoms with Gasteiger partial charge in [0, 0.05) is 35.6 Å². The zero-order chi connectivity index (χ0) is 18.4. The molecule has 2 aromatic heterocycles. The summed E-state index contributed by atoms with van der Waals surface area (Å²) >= 11 is 3.41. The van der Waals surface area contributed by atoms with E-state index in [0.29, 0.717) is 6.54 Å². The molecule has 0 saturated heterocycles. The molecule has 0 aliphatic heterocycles. The second-order valence-corrected chi connectivity index (χ2v) is 7.98. The highest BCUT2D eigenvalue weighted by Crippen LogP contribution is 2.24. The molecular formula is C20H23N3OS2. The lowest BCUT2D eigenvalue weighted by molar-refractivity contribution is -0.124. The minimum Gasteiger partial charge on any atom is -0.350 e. The van der Waals surface area contributed by atoms with E-state index in [4.69, 9.17) is 0 Å². The summed E-state index contributed by atoms with van der Waals surface area (Å²) in [6.45, 7) is 2.52. The van der Waals surface area contributed by atoms with Gasteiger partial charge in [0.25, 0.3) is 0 Å². The third kappa shape index (κ3) is 4.77. The maximum absolute atomic E-state index is 12.7. The zero-order valence-corrected chi connectivity index (χ0v) is 16.6. The fourth-order valence-electron chi connectivity index (χ4n) is 2.81. The first-order valence-corrected chi connectivity index (χ1v) is 10.9. The minimum atomic E-state index is -0.165. The zero-order valence-electron chi connectivity index (χ0n) is 15.0. The van der Waals surface area contributed by atoms with Crippen LogP contribution in [0.1, 0.15) is 23.7 Å². The molecule has 136 valence electrons. The smallest absolute Gasteiger partial charge is 0.243 e. The van der Waals surface area contributed by atoms with Crippen molar-refractivity contribution in [3.05, 3.63) is 65.4 Å². The number of thioether (sulfide) groups is 1. The van der Waals surface area contributed by atoms with Crippen LogP contribution in [-0.2, 0) is 11.3 Å². The van der Waals surface area contributed by atoms with Crippen LogP contribution in [0.5, 0.6) is 0 Å². The first kappa shape index (κ1) is 18.7. The van der Waals surface area contributed by atoms with Crippen molar-refractivity contribution >= 4 is 29.0 Å². The molecule has 0 spiro atoms. The Hall–Kier alpha value is -2.05. The summed E-state index contributed by atoms with van der Waals surface area (Å²) in [6.07, 6.45) is 6.79. The number of benzene rings is 1. The largest absolute Gasteiger partial charge is 0.350 e. The molecule has 0 saturated carbocycles. The fourth-order valence-corrected chi connectivity index (χ4v) is 4.06. The predicted molar refractivity (Wildman–Crippen MR) is 111 cm³/mol. The molecule has 1 amide bonds. The van der Waals surface area contributed by atoms with Gasteiger partial charge in [-0.3, -0.25) is 4.79 Å². The number of amides is 1. The third-order valence-electron chi connectivity index (χ3n) is 4.15. The number of hydrogen-bond donors (Lipinski definition) is 1. The standard InChI is InChI=1S/C20H23N3OS2/c1-15-14-26-20(22-15)17-7-5-6-16(12-17)13-21-19(24)18(8-11-25-2)23-9-3-4-10-23/h3-7,9-10,12,14,18H,8,11,13H2,1-2H3,(H,21,24)/t18-/m1/s1. The Morgan fingerprint density at radius 1 is 1.31 bits per heavy atom. The number of carbonyl (C=O) groups excluding carboxylic acids is 1. The highest BCUT2D eigenvalue weighted by Gasteiger charge is 2.18. The van der Waals surface area contributed by atoms with Crippen LogP contribution >= 0.6 is 23.1 Å². The normalized spacial score (nSPS) is 12.1. The van der Waals surface area contributed by atoms with Crippen molar-refractivity contribution in [1.29, 1.82) is 0 Å². The van der Waals surface area contributed by atoms with Crippen molar-refractivity contribution in [3.63, 3.8) is 0 Å². The summed E-state index contributed by atoms with van der Waals surface area (Å²) in [4.78, 5) is 17.3. The van der Waals surface area contributed by atoms with Gasteiger partial charge in [-0.05, 0) is 49.1 Å². The van der Waals surface area contributed by atoms with Crippen LogP contribution < -0.4 is 5.32 Å². The quantitative estimate of drug-likeness (QED) is 0.620. The van der Waals surface area contributed by atoms with Crippen LogP contribution in [0.15, 0.2) is 54.2 Å². The van der Waals surface area contributed by atoms with Gasteiger partial charge >= 0.3 is 0 Å². The number of nitrogens with zero attached hydrogens (tertiary/aromatic N) is 2. The van der Waals surface area contributed by atoms with E-state index in [1.54, 1.807) is 23.1 Å². The molecule has 2 heterocycles. The van der Waals surface area contributed by atoms with Crippen molar-refractivity contribution in [1.82, 2.24) is 14.9 Å². The summed E-state index contributed by atoms with van der Waals surface area (Å²) in [6, 6.07) is 12.0. The molecule has 26 heavy (non-hydrogen) atoms. The Balaban J connectivity index is 1.66. The summed E-state index contributed by atoms with van der Waals surface area (Å²) in [5.41, 5.74) is 3.21. The van der Waals surface area contributed by atoms with Gasteiger partial charge < -0.3 is 9.88 Å². The highest BCUT2D eigenvalue weighted by molar-refractivity contribution is 7.98. The molecule has 1 atom stereocenters. The summed E-state index contributed by atoms with van der Waals surface area (Å²) in [5.74, 6) is 1.01. The molecular weight excluding hydrogens is 362 g/mol. The molecule has 0 aliphatic rings. The maximum Gasteiger partial charge on any atom is 0.243 e. The molecule has 0 bridgehead atoms. The molecule has 0 radical (unpaired) electrons. The van der Waals surface area contributed by atoms with Crippen molar-refractivity contribution in [2.45, 2.75) is 25.9 Å². The van der Waals surface area contributed by atoms with Gasteiger partial charge in [-0.1, -0.05) is 18.2 Å². The average molecular weight is 386 g/mol. The molecule has 0 aliphatic carbocycles. The second kappa shape index (κ2) is 9.05. The molecule has 6 heteroatoms. The van der Waals surface area contributed by atoms with Crippen LogP contribution in [0.2, 0.25) is 0 Å². The van der Waals surface area contributed by atoms with Gasteiger partial charge in [-0.15, -0.1) is 11.3 Å². The van der Waals surface area contributed by atoms with Crippen LogP contribution in [0, 0.1) is 6.92 Å². The molecule has 4 nitrogen and oxygen atoms in total. The molecule has 1 aromatic carbocycles. The van der Waals surface area contributed by atoms with E-state index < -0.39 is 0 Å². The van der Waals surface area contributed by atoms with E-state index >= 15 is 0 Å². The molecule has 3 aromatic rings. The second-order valence-electron chi connectivity index (χ2n) is 6.14. The van der Waals surface area contributed by atoms with Gasteiger partial charge in [-0.2, -0.15) is 11.8 Å². The van der Waals surface area contributed by atoms with Crippen molar-refractivity contribution in [2.75, 3.05) is 12.0 Å². The number of carbonyl (C=O) groups is 1. The van der Waals surface area contributed by atoms with Crippen LogP contribution in [0.4, 0.5) is 0 Å². The van der Waals surface area contributed by atoms with Crippen LogP contribution in [0.25, 0.3) is 10.6 Å². The Kier molecular flexibility index (Phi) is 6.52. The van der Waals surface area contributed by atoms with Gasteiger partial charge in [-0.25, -0.2) is 4.98 Å². The number of nitrogens with one attached hydrogen (secondary N) is 1. The molecule has 1 N–H and O–H groups in total. The van der Waals surface area contributed by atoms with Crippen molar-refractivity contribution in [2.24, 2.45) is 0 Å². The first-order valence-electron chi connectivity index (χ1n) is 8.58. The van der Waals surface area contributed by atoms with Gasteiger partial charge in [0.05, 0.1) is 0 Å². The Morgan fingerprint density at radius 3 is 2.81 bits per heavy atom. The number of rotatable bonds is 8. The molecule has 0 fully saturated rings. The number of aryl methyl sites for hydroxylation is 1. The summed E-state index contributed by atoms with van der Waals surface area (Å²) in [7, 11) is 0. The van der Waals surface area contributed by atoms with E-state index in [9.17, 15) is 4.79 Å². The van der Waals surface area contributed by atoms with E-state index in [2.05, 4.69) is 34.1 Å². The number of hydrogen-bond acceptors (Lipinski definition) is 4. The maximum atomic E-state index is 12.7. The van der Waals surface area contributed by atoms with E-state index in [1.807, 2.05) is 48.1 Å². The number of thiazole rings is 1. The van der Waals surface area contributed by atoms with Gasteiger partial charge in [0.1, 0.15) is 11.0 Å². The van der Waals surface area contributed by atoms with Gasteiger partial charge in [0.15, 0.2) is 0 Å². The van der Waals surface area contributed by atoms with E-state index in [1.165, 1.54) is 0 Å². The van der Waals surface area contributed by atoms with Gasteiger partial charge in [0.2, 0.25) is 5.91 Å². The lowest BCUT2D eigenvalue weighted by Crippen LogP contribution is -2.32. The summed E-state index contributed by atoms with van der Waals surface area (Å²) < 4.78 is 1.99. The van der Waals surface area contributed by atoms with Crippen molar-refractivity contribution in [3.8, 4) is 10.6 Å². The molecule has 3 rings (SSSR count). The lowest BCUT2D eigenvalue weighted by Gasteiger charge is -2.18. The average Bonchev–Trinajstić information content (AvgIpc) is 3.32. The van der Waals surface area contributed by atoms with E-state index in [-0.39, 0.29) is 11.9 Å². The van der Waals surface area contributed by atoms with E-state index in [0.717, 1.165) is 34.0 Å². The summed E-state index contributed by atoms with van der Waals surface area (Å²) in [5, 5.41) is 6.16. The Morgan fingerprint density at radius 2 is 2.12 bits per heavy atom. The third-order valence-corrected chi connectivity index (χ3v) is 5.80. The minimum absolute atomic E-state index is 0.0609. The van der Waals surface area contributed by atoms with Crippen LogP contribution in [-0.4, -0.2) is 27.5 Å². The topological polar surface area (TPSA) is 46.9 Å². The first-order chi connectivity index (χ1) is 12.7. The Labute approximate surface area is 162 Å². The van der Waals surface area contributed by atoms with Crippen molar-refractivity contribution < 1.29 is 4.79 Å². The lowest BCUT2D eigenvalue weighted by atomic mass is 10.1. The van der Waals surface area contributed by atoms with Crippen LogP contribution in [0.3, 0.4) is 0 Å². The highest BCUT2D eigenvalue weighted by atomic mass is 32.2. The number of aromatic nitrogens is 2. The monoisotopic (exact) mass is 385 g/mol. The fraction of sp³-hybridized carbons (Fsp3) is 0.300.